The number of hydrogen-bond acceptors (Lipinski definition) is 2. The van der Waals surface area contributed by atoms with E-state index >= 15 is 0 Å². The van der Waals surface area contributed by atoms with Gasteiger partial charge in [0.25, 0.3) is 0 Å². The molecule has 0 aliphatic carbocycles. The second-order valence-corrected chi connectivity index (χ2v) is 4.27. The van der Waals surface area contributed by atoms with Gasteiger partial charge in [-0.25, -0.2) is 4.79 Å². The Labute approximate surface area is 103 Å². The molecule has 0 aromatic heterocycles. The van der Waals surface area contributed by atoms with Gasteiger partial charge in [-0.1, -0.05) is 0 Å². The number of hydrogen-bond donors (Lipinski definition) is 1. The maximum atomic E-state index is 11.8. The highest BCUT2D eigenvalue weighted by atomic mass is 16.2. The van der Waals surface area contributed by atoms with Gasteiger partial charge >= 0.3 is 6.03 Å². The average molecular weight is 241 g/mol. The van der Waals surface area contributed by atoms with Crippen LogP contribution < -0.4 is 5.32 Å². The number of urea groups is 1. The highest BCUT2D eigenvalue weighted by Gasteiger charge is 2.17. The summed E-state index contributed by atoms with van der Waals surface area (Å²) in [6.07, 6.45) is 3.36. The molecule has 98 valence electrons. The minimum atomic E-state index is -0.152. The molecule has 1 heterocycles. The van der Waals surface area contributed by atoms with E-state index in [4.69, 9.17) is 0 Å². The summed E-state index contributed by atoms with van der Waals surface area (Å²) in [4.78, 5) is 26.9. The zero-order valence-electron chi connectivity index (χ0n) is 10.9. The van der Waals surface area contributed by atoms with Crippen molar-refractivity contribution in [2.45, 2.75) is 33.1 Å². The molecule has 0 bridgehead atoms. The maximum absolute atomic E-state index is 11.8. The molecule has 0 aromatic carbocycles. The van der Waals surface area contributed by atoms with E-state index < -0.39 is 0 Å². The molecule has 0 saturated carbocycles. The van der Waals surface area contributed by atoms with Crippen LogP contribution in [0.25, 0.3) is 0 Å². The third-order valence-electron chi connectivity index (χ3n) is 3.15. The van der Waals surface area contributed by atoms with Crippen molar-refractivity contribution in [2.24, 2.45) is 0 Å². The molecule has 1 rings (SSSR count). The monoisotopic (exact) mass is 241 g/mol. The van der Waals surface area contributed by atoms with Crippen molar-refractivity contribution in [2.75, 3.05) is 32.7 Å². The summed E-state index contributed by atoms with van der Waals surface area (Å²) in [5.41, 5.74) is 0. The summed E-state index contributed by atoms with van der Waals surface area (Å²) in [6, 6.07) is -0.152. The second-order valence-electron chi connectivity index (χ2n) is 4.27. The smallest absolute Gasteiger partial charge is 0.317 e. The summed E-state index contributed by atoms with van der Waals surface area (Å²) < 4.78 is 0. The first-order valence-electron chi connectivity index (χ1n) is 6.49. The Morgan fingerprint density at radius 1 is 1.12 bits per heavy atom. The van der Waals surface area contributed by atoms with Gasteiger partial charge in [-0.2, -0.15) is 0 Å². The fourth-order valence-electron chi connectivity index (χ4n) is 2.03. The predicted molar refractivity (Wildman–Crippen MR) is 66.8 cm³/mol. The molecule has 0 atom stereocenters. The van der Waals surface area contributed by atoms with E-state index in [1.807, 2.05) is 18.7 Å². The zero-order valence-corrected chi connectivity index (χ0v) is 10.9. The van der Waals surface area contributed by atoms with Crippen LogP contribution in [0.3, 0.4) is 0 Å². The summed E-state index contributed by atoms with van der Waals surface area (Å²) in [5.74, 6) is 0.0326. The van der Waals surface area contributed by atoms with Crippen LogP contribution in [0.1, 0.15) is 33.1 Å². The molecule has 0 spiro atoms. The Morgan fingerprint density at radius 2 is 1.71 bits per heavy atom. The lowest BCUT2D eigenvalue weighted by atomic mass is 10.1. The first kappa shape index (κ1) is 13.8. The van der Waals surface area contributed by atoms with Crippen molar-refractivity contribution in [3.8, 4) is 0 Å². The molecule has 1 aliphatic heterocycles. The van der Waals surface area contributed by atoms with Crippen LogP contribution >= 0.6 is 0 Å². The lowest BCUT2D eigenvalue weighted by molar-refractivity contribution is -0.130. The first-order chi connectivity index (χ1) is 8.19. The highest BCUT2D eigenvalue weighted by Crippen LogP contribution is 2.08. The molecule has 1 N–H and O–H groups in total. The van der Waals surface area contributed by atoms with Crippen LogP contribution in [0.5, 0.6) is 0 Å². The standard InChI is InChI=1S/C12H23N3O2/c1-3-14(4-2)12(17)13-10-11(16)15-8-6-5-7-9-15/h3-10H2,1-2H3,(H,13,17). The fraction of sp³-hybridized carbons (Fsp3) is 0.833. The molecule has 17 heavy (non-hydrogen) atoms. The minimum absolute atomic E-state index is 0.0326. The van der Waals surface area contributed by atoms with Crippen molar-refractivity contribution in [3.05, 3.63) is 0 Å². The van der Waals surface area contributed by atoms with Gasteiger partial charge in [0.05, 0.1) is 6.54 Å². The largest absolute Gasteiger partial charge is 0.341 e. The van der Waals surface area contributed by atoms with Crippen LogP contribution in [0, 0.1) is 0 Å². The topological polar surface area (TPSA) is 52.7 Å². The van der Waals surface area contributed by atoms with Crippen LogP contribution in [-0.2, 0) is 4.79 Å². The van der Waals surface area contributed by atoms with E-state index in [-0.39, 0.29) is 18.5 Å². The average Bonchev–Trinajstić information content (AvgIpc) is 2.38. The van der Waals surface area contributed by atoms with Crippen molar-refractivity contribution in [1.29, 1.82) is 0 Å². The number of carbonyl (C=O) groups is 2. The molecule has 5 nitrogen and oxygen atoms in total. The molecule has 1 saturated heterocycles. The number of amides is 3. The van der Waals surface area contributed by atoms with Crippen molar-refractivity contribution in [1.82, 2.24) is 15.1 Å². The molecule has 1 fully saturated rings. The van der Waals surface area contributed by atoms with E-state index in [0.29, 0.717) is 13.1 Å². The number of nitrogens with zero attached hydrogens (tertiary/aromatic N) is 2. The Bertz CT molecular complexity index is 258. The fourth-order valence-corrected chi connectivity index (χ4v) is 2.03. The zero-order chi connectivity index (χ0) is 12.7. The van der Waals surface area contributed by atoms with Gasteiger partial charge in [-0.3, -0.25) is 4.79 Å². The summed E-state index contributed by atoms with van der Waals surface area (Å²) in [7, 11) is 0. The van der Waals surface area contributed by atoms with E-state index in [0.717, 1.165) is 25.9 Å². The van der Waals surface area contributed by atoms with Gasteiger partial charge in [-0.15, -0.1) is 0 Å². The van der Waals surface area contributed by atoms with Crippen LogP contribution in [-0.4, -0.2) is 54.5 Å². The van der Waals surface area contributed by atoms with Crippen molar-refractivity contribution >= 4 is 11.9 Å². The summed E-state index contributed by atoms with van der Waals surface area (Å²) >= 11 is 0. The Morgan fingerprint density at radius 3 is 2.24 bits per heavy atom. The first-order valence-corrected chi connectivity index (χ1v) is 6.49. The lowest BCUT2D eigenvalue weighted by Gasteiger charge is -2.27. The quantitative estimate of drug-likeness (QED) is 0.800. The molecule has 5 heteroatoms. The molecule has 0 radical (unpaired) electrons. The van der Waals surface area contributed by atoms with Crippen LogP contribution in [0.2, 0.25) is 0 Å². The Balaban J connectivity index is 2.29. The van der Waals surface area contributed by atoms with E-state index in [1.165, 1.54) is 6.42 Å². The van der Waals surface area contributed by atoms with Gasteiger partial charge in [-0.05, 0) is 33.1 Å². The van der Waals surface area contributed by atoms with Crippen LogP contribution in [0.4, 0.5) is 4.79 Å². The molecular weight excluding hydrogens is 218 g/mol. The SMILES string of the molecule is CCN(CC)C(=O)NCC(=O)N1CCCCC1. The Hall–Kier alpha value is -1.26. The van der Waals surface area contributed by atoms with Crippen LogP contribution in [0.15, 0.2) is 0 Å². The van der Waals surface area contributed by atoms with E-state index in [1.54, 1.807) is 4.90 Å². The van der Waals surface area contributed by atoms with Crippen molar-refractivity contribution < 1.29 is 9.59 Å². The van der Waals surface area contributed by atoms with Gasteiger partial charge in [0.1, 0.15) is 0 Å². The highest BCUT2D eigenvalue weighted by molar-refractivity contribution is 5.84. The normalized spacial score (nSPS) is 15.5. The van der Waals surface area contributed by atoms with Gasteiger partial charge in [0.15, 0.2) is 0 Å². The molecule has 1 aliphatic rings. The molecule has 0 aromatic rings. The third kappa shape index (κ3) is 4.24. The van der Waals surface area contributed by atoms with Gasteiger partial charge in [0.2, 0.25) is 5.91 Å². The van der Waals surface area contributed by atoms with E-state index in [9.17, 15) is 9.59 Å². The second kappa shape index (κ2) is 7.14. The van der Waals surface area contributed by atoms with Gasteiger partial charge < -0.3 is 15.1 Å². The number of carbonyl (C=O) groups excluding carboxylic acids is 2. The molecule has 3 amide bonds. The predicted octanol–water partition coefficient (Wildman–Crippen LogP) is 1.05. The van der Waals surface area contributed by atoms with Gasteiger partial charge in [0, 0.05) is 26.2 Å². The summed E-state index contributed by atoms with van der Waals surface area (Å²) in [5, 5.41) is 2.68. The molecular formula is C12H23N3O2. The van der Waals surface area contributed by atoms with E-state index in [2.05, 4.69) is 5.32 Å². The lowest BCUT2D eigenvalue weighted by Crippen LogP contribution is -2.46. The number of piperidine rings is 1. The summed E-state index contributed by atoms with van der Waals surface area (Å²) in [6.45, 7) is 6.97. The Kier molecular flexibility index (Phi) is 5.80. The number of nitrogens with one attached hydrogen (secondary N) is 1. The number of rotatable bonds is 4. The number of likely N-dealkylation sites (tertiary alicyclic amines) is 1. The third-order valence-corrected chi connectivity index (χ3v) is 3.15. The van der Waals surface area contributed by atoms with Crippen molar-refractivity contribution in [3.63, 3.8) is 0 Å². The minimum Gasteiger partial charge on any atom is -0.341 e. The molecule has 0 unspecified atom stereocenters. The maximum Gasteiger partial charge on any atom is 0.317 e.